The van der Waals surface area contributed by atoms with E-state index >= 15 is 0 Å². The highest BCUT2D eigenvalue weighted by Crippen LogP contribution is 2.36. The largest absolute Gasteiger partial charge is 0.309 e. The number of benzene rings is 6. The maximum Gasteiger partial charge on any atom is 0.0992 e. The number of nitriles is 2. The number of aromatic nitrogens is 2. The van der Waals surface area contributed by atoms with E-state index in [0.717, 1.165) is 55.3 Å². The average molecular weight is 535 g/mol. The van der Waals surface area contributed by atoms with E-state index in [2.05, 4.69) is 112 Å². The van der Waals surface area contributed by atoms with E-state index in [1.807, 2.05) is 42.5 Å². The molecular formula is C38H22N4. The molecule has 0 aliphatic rings. The van der Waals surface area contributed by atoms with Gasteiger partial charge in [0, 0.05) is 32.9 Å². The van der Waals surface area contributed by atoms with Crippen molar-refractivity contribution in [3.8, 4) is 34.6 Å². The van der Waals surface area contributed by atoms with Crippen LogP contribution in [0.4, 0.5) is 0 Å². The van der Waals surface area contributed by atoms with Crippen LogP contribution in [-0.2, 0) is 0 Å². The van der Waals surface area contributed by atoms with Gasteiger partial charge in [-0.1, -0.05) is 60.7 Å². The lowest BCUT2D eigenvalue weighted by Gasteiger charge is -2.10. The van der Waals surface area contributed by atoms with E-state index in [4.69, 9.17) is 0 Å². The summed E-state index contributed by atoms with van der Waals surface area (Å²) in [6.45, 7) is 0. The summed E-state index contributed by atoms with van der Waals surface area (Å²) in [4.78, 5) is 0. The maximum absolute atomic E-state index is 9.48. The average Bonchev–Trinajstić information content (AvgIpc) is 3.57. The van der Waals surface area contributed by atoms with Gasteiger partial charge in [-0.3, -0.25) is 0 Å². The minimum Gasteiger partial charge on any atom is -0.309 e. The first kappa shape index (κ1) is 23.8. The molecule has 0 atom stereocenters. The number of hydrogen-bond acceptors (Lipinski definition) is 2. The molecule has 4 heteroatoms. The first-order valence-electron chi connectivity index (χ1n) is 13.8. The van der Waals surface area contributed by atoms with Gasteiger partial charge in [0.05, 0.1) is 45.3 Å². The SMILES string of the molecule is N#Cc1cccc(-n2c3ccccc3c3cc(-c4ccc(-n5c6ccccc6c6cc(C#N)ccc65)cc4)ccc32)c1. The topological polar surface area (TPSA) is 57.4 Å². The Morgan fingerprint density at radius 1 is 0.381 bits per heavy atom. The van der Waals surface area contributed by atoms with E-state index in [1.54, 1.807) is 0 Å². The molecule has 0 saturated heterocycles. The molecule has 0 bridgehead atoms. The molecule has 8 aromatic rings. The molecule has 0 aliphatic heterocycles. The van der Waals surface area contributed by atoms with Gasteiger partial charge in [-0.05, 0) is 83.9 Å². The van der Waals surface area contributed by atoms with Gasteiger partial charge < -0.3 is 9.13 Å². The van der Waals surface area contributed by atoms with E-state index in [0.29, 0.717) is 11.1 Å². The van der Waals surface area contributed by atoms with Crippen LogP contribution in [0, 0.1) is 22.7 Å². The maximum atomic E-state index is 9.48. The molecule has 2 heterocycles. The van der Waals surface area contributed by atoms with E-state index in [9.17, 15) is 10.5 Å². The van der Waals surface area contributed by atoms with Crippen molar-refractivity contribution >= 4 is 43.6 Å². The Balaban J connectivity index is 1.26. The number of nitrogens with zero attached hydrogens (tertiary/aromatic N) is 4. The van der Waals surface area contributed by atoms with Gasteiger partial charge in [-0.15, -0.1) is 0 Å². The van der Waals surface area contributed by atoms with Gasteiger partial charge in [0.1, 0.15) is 0 Å². The minimum absolute atomic E-state index is 0.642. The second-order valence-electron chi connectivity index (χ2n) is 10.5. The van der Waals surface area contributed by atoms with Crippen LogP contribution in [0.5, 0.6) is 0 Å². The van der Waals surface area contributed by atoms with E-state index in [-0.39, 0.29) is 0 Å². The smallest absolute Gasteiger partial charge is 0.0992 e. The molecule has 0 fully saturated rings. The zero-order chi connectivity index (χ0) is 28.2. The fourth-order valence-corrected chi connectivity index (χ4v) is 6.27. The summed E-state index contributed by atoms with van der Waals surface area (Å²) in [6, 6.07) is 50.3. The fraction of sp³-hybridized carbons (Fsp3) is 0. The molecule has 0 unspecified atom stereocenters. The van der Waals surface area contributed by atoms with Crippen LogP contribution in [-0.4, -0.2) is 9.13 Å². The van der Waals surface area contributed by atoms with Crippen molar-refractivity contribution in [2.45, 2.75) is 0 Å². The normalized spacial score (nSPS) is 11.3. The second kappa shape index (κ2) is 9.24. The number of para-hydroxylation sites is 2. The molecule has 4 nitrogen and oxygen atoms in total. The molecule has 0 aliphatic carbocycles. The van der Waals surface area contributed by atoms with E-state index < -0.39 is 0 Å². The van der Waals surface area contributed by atoms with Crippen molar-refractivity contribution in [2.75, 3.05) is 0 Å². The number of rotatable bonds is 3. The summed E-state index contributed by atoms with van der Waals surface area (Å²) in [5.74, 6) is 0. The lowest BCUT2D eigenvalue weighted by molar-refractivity contribution is 1.18. The van der Waals surface area contributed by atoms with Crippen molar-refractivity contribution in [1.29, 1.82) is 10.5 Å². The quantitative estimate of drug-likeness (QED) is 0.227. The second-order valence-corrected chi connectivity index (χ2v) is 10.5. The Kier molecular flexibility index (Phi) is 5.22. The zero-order valence-corrected chi connectivity index (χ0v) is 22.5. The van der Waals surface area contributed by atoms with Gasteiger partial charge in [-0.2, -0.15) is 10.5 Å². The Morgan fingerprint density at radius 2 is 0.929 bits per heavy atom. The summed E-state index contributed by atoms with van der Waals surface area (Å²) in [5, 5.41) is 23.5. The third kappa shape index (κ3) is 3.53. The summed E-state index contributed by atoms with van der Waals surface area (Å²) in [6.07, 6.45) is 0. The van der Waals surface area contributed by atoms with Gasteiger partial charge in [0.15, 0.2) is 0 Å². The molecule has 0 radical (unpaired) electrons. The molecule has 0 amide bonds. The first-order valence-corrected chi connectivity index (χ1v) is 13.8. The number of fused-ring (bicyclic) bond motifs is 6. The minimum atomic E-state index is 0.642. The molecule has 194 valence electrons. The Labute approximate surface area is 242 Å². The summed E-state index contributed by atoms with van der Waals surface area (Å²) in [7, 11) is 0. The Morgan fingerprint density at radius 3 is 1.62 bits per heavy atom. The molecule has 8 rings (SSSR count). The lowest BCUT2D eigenvalue weighted by Crippen LogP contribution is -1.94. The highest BCUT2D eigenvalue weighted by atomic mass is 15.0. The standard InChI is InChI=1S/C38H22N4/c39-23-25-6-5-7-30(20-25)42-36-11-4-2-9-32(36)34-22-28(15-19-38(34)42)27-13-16-29(17-14-27)41-35-10-3-1-8-31(35)33-21-26(24-40)12-18-37(33)41/h1-22H. The summed E-state index contributed by atoms with van der Waals surface area (Å²) < 4.78 is 4.50. The molecule has 2 aromatic heterocycles. The Hall–Kier alpha value is -6.10. The third-order valence-corrected chi connectivity index (χ3v) is 8.17. The zero-order valence-electron chi connectivity index (χ0n) is 22.5. The molecular weight excluding hydrogens is 512 g/mol. The predicted octanol–water partition coefficient (Wildman–Crippen LogP) is 9.29. The van der Waals surface area contributed by atoms with Gasteiger partial charge in [0.25, 0.3) is 0 Å². The highest BCUT2D eigenvalue weighted by molar-refractivity contribution is 6.11. The molecule has 6 aromatic carbocycles. The van der Waals surface area contributed by atoms with Crippen molar-refractivity contribution in [1.82, 2.24) is 9.13 Å². The molecule has 42 heavy (non-hydrogen) atoms. The molecule has 0 saturated carbocycles. The molecule has 0 spiro atoms. The van der Waals surface area contributed by atoms with Crippen LogP contribution in [0.1, 0.15) is 11.1 Å². The predicted molar refractivity (Wildman–Crippen MR) is 170 cm³/mol. The van der Waals surface area contributed by atoms with Crippen LogP contribution in [0.15, 0.2) is 133 Å². The van der Waals surface area contributed by atoms with Crippen molar-refractivity contribution in [3.05, 3.63) is 145 Å². The van der Waals surface area contributed by atoms with Crippen LogP contribution < -0.4 is 0 Å². The fourth-order valence-electron chi connectivity index (χ4n) is 6.27. The van der Waals surface area contributed by atoms with Crippen LogP contribution in [0.3, 0.4) is 0 Å². The Bertz CT molecular complexity index is 2430. The van der Waals surface area contributed by atoms with Crippen LogP contribution in [0.2, 0.25) is 0 Å². The van der Waals surface area contributed by atoms with Crippen LogP contribution in [0.25, 0.3) is 66.1 Å². The third-order valence-electron chi connectivity index (χ3n) is 8.17. The summed E-state index contributed by atoms with van der Waals surface area (Å²) in [5.41, 5.74) is 10.0. The van der Waals surface area contributed by atoms with Crippen molar-refractivity contribution < 1.29 is 0 Å². The van der Waals surface area contributed by atoms with Crippen molar-refractivity contribution in [3.63, 3.8) is 0 Å². The van der Waals surface area contributed by atoms with Gasteiger partial charge in [0.2, 0.25) is 0 Å². The molecule has 0 N–H and O–H groups in total. The van der Waals surface area contributed by atoms with Gasteiger partial charge >= 0.3 is 0 Å². The summed E-state index contributed by atoms with van der Waals surface area (Å²) >= 11 is 0. The number of hydrogen-bond donors (Lipinski definition) is 0. The van der Waals surface area contributed by atoms with Crippen LogP contribution >= 0.6 is 0 Å². The van der Waals surface area contributed by atoms with E-state index in [1.165, 1.54) is 10.8 Å². The lowest BCUT2D eigenvalue weighted by atomic mass is 10.0. The van der Waals surface area contributed by atoms with Crippen molar-refractivity contribution in [2.24, 2.45) is 0 Å². The first-order chi connectivity index (χ1) is 20.7. The highest BCUT2D eigenvalue weighted by Gasteiger charge is 2.15. The monoisotopic (exact) mass is 534 g/mol. The van der Waals surface area contributed by atoms with Gasteiger partial charge in [-0.25, -0.2) is 0 Å².